The van der Waals surface area contributed by atoms with Crippen LogP contribution in [0.15, 0.2) is 60.7 Å². The van der Waals surface area contributed by atoms with E-state index in [2.05, 4.69) is 5.32 Å². The number of carbonyl (C=O) groups excluding carboxylic acids is 2. The van der Waals surface area contributed by atoms with E-state index in [4.69, 9.17) is 16.3 Å². The Morgan fingerprint density at radius 1 is 1.02 bits per heavy atom. The molecule has 12 heteroatoms. The van der Waals surface area contributed by atoms with E-state index in [9.17, 15) is 27.9 Å². The van der Waals surface area contributed by atoms with Gasteiger partial charge in [-0.05, 0) is 86.6 Å². The molecule has 1 unspecified atom stereocenters. The van der Waals surface area contributed by atoms with Crippen LogP contribution in [0.2, 0.25) is 0 Å². The summed E-state index contributed by atoms with van der Waals surface area (Å²) < 4.78 is 61.3. The van der Waals surface area contributed by atoms with Crippen molar-refractivity contribution in [1.82, 2.24) is 4.90 Å². The number of likely N-dealkylation sites (tertiary alicyclic amines) is 1. The first kappa shape index (κ1) is 34.7. The van der Waals surface area contributed by atoms with E-state index < -0.39 is 47.7 Å². The molecular formula is C35H38ClF4N3O4. The van der Waals surface area contributed by atoms with Crippen LogP contribution in [0.3, 0.4) is 0 Å². The van der Waals surface area contributed by atoms with Crippen LogP contribution < -0.4 is 10.2 Å². The maximum absolute atomic E-state index is 15.1. The minimum atomic E-state index is -4.60. The Kier molecular flexibility index (Phi) is 10.8. The van der Waals surface area contributed by atoms with E-state index in [1.165, 1.54) is 36.1 Å². The molecule has 2 amide bonds. The van der Waals surface area contributed by atoms with Gasteiger partial charge in [0, 0.05) is 24.0 Å². The van der Waals surface area contributed by atoms with Crippen molar-refractivity contribution in [2.45, 2.75) is 77.0 Å². The smallest absolute Gasteiger partial charge is 0.351 e. The first-order valence-corrected chi connectivity index (χ1v) is 16.2. The predicted octanol–water partition coefficient (Wildman–Crippen LogP) is 7.93. The van der Waals surface area contributed by atoms with Gasteiger partial charge in [-0.2, -0.15) is 13.2 Å². The number of piperidine rings is 1. The maximum Gasteiger partial charge on any atom is 0.416 e. The highest BCUT2D eigenvalue weighted by molar-refractivity contribution is 6.17. The Morgan fingerprint density at radius 3 is 2.36 bits per heavy atom. The molecule has 1 saturated heterocycles. The summed E-state index contributed by atoms with van der Waals surface area (Å²) in [4.78, 5) is 31.1. The van der Waals surface area contributed by atoms with E-state index in [0.29, 0.717) is 29.7 Å². The number of aliphatic hydroxyl groups is 1. The molecule has 1 heterocycles. The number of benzene rings is 3. The topological polar surface area (TPSA) is 82.1 Å². The number of carbonyl (C=O) groups is 2. The van der Waals surface area contributed by atoms with Crippen molar-refractivity contribution in [3.8, 4) is 0 Å². The molecule has 5 rings (SSSR count). The van der Waals surface area contributed by atoms with Gasteiger partial charge in [0.25, 0.3) is 5.91 Å². The Morgan fingerprint density at radius 2 is 1.72 bits per heavy atom. The maximum atomic E-state index is 15.1. The lowest BCUT2D eigenvalue weighted by atomic mass is 9.83. The summed E-state index contributed by atoms with van der Waals surface area (Å²) in [5.41, 5.74) is 0.720. The zero-order chi connectivity index (χ0) is 33.9. The summed E-state index contributed by atoms with van der Waals surface area (Å²) in [6.07, 6.45) is -1.41. The summed E-state index contributed by atoms with van der Waals surface area (Å²) in [5.74, 6) is -2.69. The second kappa shape index (κ2) is 14.6. The van der Waals surface area contributed by atoms with E-state index >= 15 is 4.39 Å². The van der Waals surface area contributed by atoms with Crippen molar-refractivity contribution < 1.29 is 37.0 Å². The van der Waals surface area contributed by atoms with Gasteiger partial charge in [-0.3, -0.25) is 9.59 Å². The van der Waals surface area contributed by atoms with Gasteiger partial charge in [0.2, 0.25) is 12.3 Å². The third-order valence-electron chi connectivity index (χ3n) is 9.18. The SMILES string of the molecule is Cc1ccc(NC(=O)[C@H]2CCCN(C(=O)c3c(C)cccc3F)[C@H]2c2ccc(N(C3CCCC3)C(O)OCCl)cc2)cc1C(F)(F)F. The van der Waals surface area contributed by atoms with Gasteiger partial charge in [0.1, 0.15) is 11.9 Å². The average Bonchev–Trinajstić information content (AvgIpc) is 3.56. The lowest BCUT2D eigenvalue weighted by Crippen LogP contribution is -2.47. The van der Waals surface area contributed by atoms with E-state index in [1.54, 1.807) is 42.2 Å². The summed E-state index contributed by atoms with van der Waals surface area (Å²) >= 11 is 5.76. The molecule has 2 aliphatic rings. The number of hydrogen-bond acceptors (Lipinski definition) is 5. The molecule has 7 nitrogen and oxygen atoms in total. The third-order valence-corrected chi connectivity index (χ3v) is 9.30. The van der Waals surface area contributed by atoms with Gasteiger partial charge >= 0.3 is 6.18 Å². The Labute approximate surface area is 276 Å². The Bertz CT molecular complexity index is 1560. The highest BCUT2D eigenvalue weighted by Crippen LogP contribution is 2.40. The van der Waals surface area contributed by atoms with Crippen molar-refractivity contribution >= 4 is 34.8 Å². The zero-order valence-corrected chi connectivity index (χ0v) is 27.0. The molecule has 0 bridgehead atoms. The monoisotopic (exact) mass is 675 g/mol. The largest absolute Gasteiger partial charge is 0.416 e. The van der Waals surface area contributed by atoms with Gasteiger partial charge < -0.3 is 25.0 Å². The first-order valence-electron chi connectivity index (χ1n) is 15.7. The fourth-order valence-corrected chi connectivity index (χ4v) is 6.99. The van der Waals surface area contributed by atoms with E-state index in [1.807, 2.05) is 0 Å². The van der Waals surface area contributed by atoms with Crippen molar-refractivity contribution in [2.24, 2.45) is 5.92 Å². The molecule has 47 heavy (non-hydrogen) atoms. The number of aryl methyl sites for hydroxylation is 2. The third kappa shape index (κ3) is 7.58. The van der Waals surface area contributed by atoms with Gasteiger partial charge in [0.05, 0.1) is 23.1 Å². The van der Waals surface area contributed by atoms with Crippen molar-refractivity contribution in [3.63, 3.8) is 0 Å². The van der Waals surface area contributed by atoms with Crippen molar-refractivity contribution in [1.29, 1.82) is 0 Å². The molecule has 2 fully saturated rings. The second-order valence-electron chi connectivity index (χ2n) is 12.2. The van der Waals surface area contributed by atoms with Crippen LogP contribution in [-0.4, -0.2) is 46.9 Å². The van der Waals surface area contributed by atoms with Crippen molar-refractivity contribution in [3.05, 3.63) is 94.3 Å². The molecule has 252 valence electrons. The quantitative estimate of drug-likeness (QED) is 0.137. The number of amides is 2. The van der Waals surface area contributed by atoms with Crippen LogP contribution in [0.5, 0.6) is 0 Å². The fourth-order valence-electron chi connectivity index (χ4n) is 6.88. The molecule has 0 aromatic heterocycles. The van der Waals surface area contributed by atoms with Crippen LogP contribution in [0, 0.1) is 25.6 Å². The van der Waals surface area contributed by atoms with Crippen LogP contribution in [0.4, 0.5) is 28.9 Å². The van der Waals surface area contributed by atoms with Gasteiger partial charge in [-0.15, -0.1) is 0 Å². The minimum Gasteiger partial charge on any atom is -0.351 e. The first-order chi connectivity index (χ1) is 22.4. The summed E-state index contributed by atoms with van der Waals surface area (Å²) in [7, 11) is 0. The average molecular weight is 676 g/mol. The number of hydrogen-bond donors (Lipinski definition) is 2. The number of halogens is 5. The summed E-state index contributed by atoms with van der Waals surface area (Å²) in [6, 6.07) is 14.0. The molecular weight excluding hydrogens is 638 g/mol. The molecule has 0 radical (unpaired) electrons. The highest BCUT2D eigenvalue weighted by atomic mass is 35.5. The van der Waals surface area contributed by atoms with Crippen LogP contribution >= 0.6 is 11.6 Å². The number of aliphatic hydroxyl groups excluding tert-OH is 1. The lowest BCUT2D eigenvalue weighted by molar-refractivity contribution is -0.138. The predicted molar refractivity (Wildman–Crippen MR) is 171 cm³/mol. The number of nitrogens with one attached hydrogen (secondary N) is 1. The minimum absolute atomic E-state index is 0.0177. The van der Waals surface area contributed by atoms with E-state index in [-0.39, 0.29) is 35.5 Å². The fraction of sp³-hybridized carbons (Fsp3) is 0.429. The van der Waals surface area contributed by atoms with Gasteiger partial charge in [-0.25, -0.2) is 4.39 Å². The number of ether oxygens (including phenoxy) is 1. The molecule has 1 aliphatic heterocycles. The Hall–Kier alpha value is -3.67. The van der Waals surface area contributed by atoms with Crippen molar-refractivity contribution in [2.75, 3.05) is 22.8 Å². The molecule has 3 aromatic rings. The molecule has 1 saturated carbocycles. The van der Waals surface area contributed by atoms with Crippen LogP contribution in [0.25, 0.3) is 0 Å². The number of anilines is 2. The van der Waals surface area contributed by atoms with Gasteiger partial charge in [-0.1, -0.05) is 54.8 Å². The normalized spacial score (nSPS) is 19.4. The molecule has 0 spiro atoms. The molecule has 1 aliphatic carbocycles. The summed E-state index contributed by atoms with van der Waals surface area (Å²) in [6.45, 7) is 3.22. The number of alkyl halides is 4. The second-order valence-corrected chi connectivity index (χ2v) is 12.4. The standard InChI is InChI=1S/C35H38ClF4N3O4/c1-21-12-15-24(19-28(21)35(38,39)40)41-32(44)27-10-6-18-42(33(45)30-22(2)7-5-11-29(30)37)31(27)23-13-16-26(17-14-23)43(34(46)47-20-36)25-8-3-4-9-25/h5,7,11-17,19,25,27,31,34,46H,3-4,6,8-10,18,20H2,1-2H3,(H,41,44)/t27-,31-,34?/m0/s1. The number of rotatable bonds is 9. The van der Waals surface area contributed by atoms with Crippen LogP contribution in [-0.2, 0) is 15.7 Å². The highest BCUT2D eigenvalue weighted by Gasteiger charge is 2.41. The van der Waals surface area contributed by atoms with Gasteiger partial charge in [0.15, 0.2) is 0 Å². The lowest BCUT2D eigenvalue weighted by Gasteiger charge is -2.41. The molecule has 2 N–H and O–H groups in total. The van der Waals surface area contributed by atoms with E-state index in [0.717, 1.165) is 31.7 Å². The Balaban J connectivity index is 1.52. The number of nitrogens with zero attached hydrogens (tertiary/aromatic N) is 2. The molecule has 3 atom stereocenters. The van der Waals surface area contributed by atoms with Crippen LogP contribution in [0.1, 0.15) is 77.2 Å². The zero-order valence-electron chi connectivity index (χ0n) is 26.2. The molecule has 3 aromatic carbocycles. The summed E-state index contributed by atoms with van der Waals surface area (Å²) in [5, 5.41) is 13.4.